The predicted molar refractivity (Wildman–Crippen MR) is 65.4 cm³/mol. The van der Waals surface area contributed by atoms with Crippen molar-refractivity contribution in [2.24, 2.45) is 5.41 Å². The minimum absolute atomic E-state index is 0.0191. The van der Waals surface area contributed by atoms with Gasteiger partial charge in [-0.3, -0.25) is 14.4 Å². The standard InChI is InChI=1S/C12H16N2O4/c1-12(2,11(17)18)5-7-14-10(16)8-4-3-6-13-9(8)15/h3-4,6H,5,7H2,1-2H3,(H,13,15)(H,14,16)(H,17,18). The fourth-order valence-electron chi connectivity index (χ4n) is 1.29. The van der Waals surface area contributed by atoms with E-state index in [0.717, 1.165) is 0 Å². The Bertz CT molecular complexity index is 505. The molecule has 0 atom stereocenters. The van der Waals surface area contributed by atoms with E-state index in [1.807, 2.05) is 0 Å². The van der Waals surface area contributed by atoms with Crippen LogP contribution in [0.5, 0.6) is 0 Å². The number of carbonyl (C=O) groups is 2. The Morgan fingerprint density at radius 2 is 2.11 bits per heavy atom. The summed E-state index contributed by atoms with van der Waals surface area (Å²) in [5.41, 5.74) is -1.35. The van der Waals surface area contributed by atoms with Gasteiger partial charge in [0.25, 0.3) is 11.5 Å². The third-order valence-electron chi connectivity index (χ3n) is 2.68. The van der Waals surface area contributed by atoms with Gasteiger partial charge in [-0.25, -0.2) is 0 Å². The molecule has 1 rings (SSSR count). The number of pyridine rings is 1. The smallest absolute Gasteiger partial charge is 0.309 e. The first-order chi connectivity index (χ1) is 8.34. The van der Waals surface area contributed by atoms with Crippen LogP contribution in [0, 0.1) is 5.41 Å². The second-order valence-electron chi connectivity index (χ2n) is 4.61. The molecule has 18 heavy (non-hydrogen) atoms. The number of hydrogen-bond donors (Lipinski definition) is 3. The van der Waals surface area contributed by atoms with Crippen molar-refractivity contribution in [3.05, 3.63) is 34.2 Å². The van der Waals surface area contributed by atoms with Crippen LogP contribution in [-0.2, 0) is 4.79 Å². The lowest BCUT2D eigenvalue weighted by Crippen LogP contribution is -2.34. The summed E-state index contributed by atoms with van der Waals surface area (Å²) >= 11 is 0. The molecule has 3 N–H and O–H groups in total. The molecule has 6 heteroatoms. The van der Waals surface area contributed by atoms with E-state index in [0.29, 0.717) is 6.42 Å². The van der Waals surface area contributed by atoms with Gasteiger partial charge in [-0.1, -0.05) is 0 Å². The Kier molecular flexibility index (Phi) is 4.25. The average molecular weight is 252 g/mol. The van der Waals surface area contributed by atoms with E-state index in [2.05, 4.69) is 10.3 Å². The summed E-state index contributed by atoms with van der Waals surface area (Å²) in [6, 6.07) is 2.97. The first-order valence-electron chi connectivity index (χ1n) is 5.54. The third-order valence-corrected chi connectivity index (χ3v) is 2.68. The number of carboxylic acid groups (broad SMARTS) is 1. The van der Waals surface area contributed by atoms with E-state index in [-0.39, 0.29) is 12.1 Å². The summed E-state index contributed by atoms with van der Waals surface area (Å²) in [6.45, 7) is 3.36. The highest BCUT2D eigenvalue weighted by Gasteiger charge is 2.26. The molecule has 0 saturated heterocycles. The molecule has 0 aliphatic rings. The minimum Gasteiger partial charge on any atom is -0.481 e. The molecule has 0 radical (unpaired) electrons. The zero-order valence-corrected chi connectivity index (χ0v) is 10.3. The maximum Gasteiger partial charge on any atom is 0.309 e. The van der Waals surface area contributed by atoms with Crippen LogP contribution in [0.25, 0.3) is 0 Å². The number of aromatic amines is 1. The number of rotatable bonds is 5. The Hall–Kier alpha value is -2.11. The quantitative estimate of drug-likeness (QED) is 0.714. The molecule has 0 aliphatic heterocycles. The molecule has 1 heterocycles. The third kappa shape index (κ3) is 3.44. The van der Waals surface area contributed by atoms with E-state index in [9.17, 15) is 14.4 Å². The molecule has 0 fully saturated rings. The van der Waals surface area contributed by atoms with Crippen LogP contribution < -0.4 is 10.9 Å². The molecule has 0 aliphatic carbocycles. The number of H-pyrrole nitrogens is 1. The van der Waals surface area contributed by atoms with Gasteiger partial charge >= 0.3 is 5.97 Å². The summed E-state index contributed by atoms with van der Waals surface area (Å²) in [6.07, 6.45) is 1.73. The molecule has 0 bridgehead atoms. The normalized spacial score (nSPS) is 11.0. The number of aliphatic carboxylic acids is 1. The van der Waals surface area contributed by atoms with E-state index < -0.39 is 22.9 Å². The number of hydrogen-bond acceptors (Lipinski definition) is 3. The van der Waals surface area contributed by atoms with E-state index in [1.165, 1.54) is 12.3 Å². The van der Waals surface area contributed by atoms with Gasteiger partial charge in [0, 0.05) is 12.7 Å². The second kappa shape index (κ2) is 5.48. The topological polar surface area (TPSA) is 99.3 Å². The van der Waals surface area contributed by atoms with Crippen LogP contribution in [0.15, 0.2) is 23.1 Å². The lowest BCUT2D eigenvalue weighted by Gasteiger charge is -2.18. The second-order valence-corrected chi connectivity index (χ2v) is 4.61. The number of nitrogens with one attached hydrogen (secondary N) is 2. The van der Waals surface area contributed by atoms with Gasteiger partial charge in [-0.05, 0) is 32.4 Å². The van der Waals surface area contributed by atoms with Crippen molar-refractivity contribution in [2.45, 2.75) is 20.3 Å². The van der Waals surface area contributed by atoms with Gasteiger partial charge in [-0.15, -0.1) is 0 Å². The van der Waals surface area contributed by atoms with Crippen molar-refractivity contribution in [1.82, 2.24) is 10.3 Å². The molecule has 0 unspecified atom stereocenters. The first-order valence-corrected chi connectivity index (χ1v) is 5.54. The molecular formula is C12H16N2O4. The van der Waals surface area contributed by atoms with Crippen LogP contribution in [0.4, 0.5) is 0 Å². The maximum atomic E-state index is 11.6. The monoisotopic (exact) mass is 252 g/mol. The summed E-state index contributed by atoms with van der Waals surface area (Å²) in [5.74, 6) is -1.42. The van der Waals surface area contributed by atoms with E-state index >= 15 is 0 Å². The highest BCUT2D eigenvalue weighted by atomic mass is 16.4. The van der Waals surface area contributed by atoms with Crippen LogP contribution in [0.3, 0.4) is 0 Å². The molecule has 1 aromatic heterocycles. The number of carboxylic acids is 1. The van der Waals surface area contributed by atoms with Gasteiger partial charge in [0.2, 0.25) is 0 Å². The molecule has 6 nitrogen and oxygen atoms in total. The zero-order chi connectivity index (χ0) is 13.8. The number of aromatic nitrogens is 1. The molecule has 1 aromatic rings. The Labute approximate surface area is 104 Å². The van der Waals surface area contributed by atoms with Crippen LogP contribution in [0.2, 0.25) is 0 Å². The van der Waals surface area contributed by atoms with Crippen molar-refractivity contribution in [2.75, 3.05) is 6.54 Å². The summed E-state index contributed by atoms with van der Waals surface area (Å²) in [4.78, 5) is 36.2. The molecule has 98 valence electrons. The van der Waals surface area contributed by atoms with Crippen LogP contribution in [0.1, 0.15) is 30.6 Å². The van der Waals surface area contributed by atoms with Gasteiger partial charge < -0.3 is 15.4 Å². The van der Waals surface area contributed by atoms with Crippen LogP contribution in [-0.4, -0.2) is 28.5 Å². The first kappa shape index (κ1) is 14.0. The summed E-state index contributed by atoms with van der Waals surface area (Å²) < 4.78 is 0. The molecule has 1 amide bonds. The summed E-state index contributed by atoms with van der Waals surface area (Å²) in [7, 11) is 0. The lowest BCUT2D eigenvalue weighted by molar-refractivity contribution is -0.147. The van der Waals surface area contributed by atoms with Crippen molar-refractivity contribution < 1.29 is 14.7 Å². The minimum atomic E-state index is -0.922. The van der Waals surface area contributed by atoms with E-state index in [1.54, 1.807) is 19.9 Å². The number of amides is 1. The highest BCUT2D eigenvalue weighted by molar-refractivity contribution is 5.93. The SMILES string of the molecule is CC(C)(CCNC(=O)c1ccc[nH]c1=O)C(=O)O. The van der Waals surface area contributed by atoms with Gasteiger partial charge in [0.05, 0.1) is 5.41 Å². The highest BCUT2D eigenvalue weighted by Crippen LogP contribution is 2.19. The zero-order valence-electron chi connectivity index (χ0n) is 10.3. The van der Waals surface area contributed by atoms with Gasteiger partial charge in [-0.2, -0.15) is 0 Å². The largest absolute Gasteiger partial charge is 0.481 e. The van der Waals surface area contributed by atoms with Crippen LogP contribution >= 0.6 is 0 Å². The number of carbonyl (C=O) groups excluding carboxylic acids is 1. The van der Waals surface area contributed by atoms with E-state index in [4.69, 9.17) is 5.11 Å². The molecule has 0 aromatic carbocycles. The summed E-state index contributed by atoms with van der Waals surface area (Å²) in [5, 5.41) is 11.4. The molecular weight excluding hydrogens is 236 g/mol. The molecule has 0 saturated carbocycles. The van der Waals surface area contributed by atoms with Gasteiger partial charge in [0.15, 0.2) is 0 Å². The molecule has 0 spiro atoms. The fourth-order valence-corrected chi connectivity index (χ4v) is 1.29. The van der Waals surface area contributed by atoms with Crippen molar-refractivity contribution in [3.63, 3.8) is 0 Å². The predicted octanol–water partition coefficient (Wildman–Crippen LogP) is 0.606. The maximum absolute atomic E-state index is 11.6. The fraction of sp³-hybridized carbons (Fsp3) is 0.417. The van der Waals surface area contributed by atoms with Gasteiger partial charge in [0.1, 0.15) is 5.56 Å². The van der Waals surface area contributed by atoms with Crippen molar-refractivity contribution >= 4 is 11.9 Å². The van der Waals surface area contributed by atoms with Crippen molar-refractivity contribution in [3.8, 4) is 0 Å². The Balaban J connectivity index is 2.56. The Morgan fingerprint density at radius 1 is 1.44 bits per heavy atom. The average Bonchev–Trinajstić information content (AvgIpc) is 2.29. The Morgan fingerprint density at radius 3 is 2.67 bits per heavy atom. The lowest BCUT2D eigenvalue weighted by atomic mass is 9.90. The van der Waals surface area contributed by atoms with Crippen molar-refractivity contribution in [1.29, 1.82) is 0 Å².